The Bertz CT molecular complexity index is 490. The van der Waals surface area contributed by atoms with E-state index in [2.05, 4.69) is 53.3 Å². The monoisotopic (exact) mass is 289 g/mol. The average Bonchev–Trinajstić information content (AvgIpc) is 2.94. The third kappa shape index (κ3) is 4.09. The van der Waals surface area contributed by atoms with E-state index in [1.54, 1.807) is 11.3 Å². The second-order valence-corrected chi connectivity index (χ2v) is 5.96. The van der Waals surface area contributed by atoms with Gasteiger partial charge in [-0.05, 0) is 66.9 Å². The maximum atomic E-state index is 5.70. The Labute approximate surface area is 125 Å². The summed E-state index contributed by atoms with van der Waals surface area (Å²) in [4.78, 5) is 0. The molecule has 2 rings (SSSR count). The summed E-state index contributed by atoms with van der Waals surface area (Å²) in [5.74, 6) is 0.934. The second kappa shape index (κ2) is 7.46. The van der Waals surface area contributed by atoms with Gasteiger partial charge in [-0.25, -0.2) is 0 Å². The Morgan fingerprint density at radius 2 is 1.85 bits per heavy atom. The average molecular weight is 289 g/mol. The standard InChI is InChI=1S/C17H23NOS/c1-4-10-18-17(15-9-11-20-12-15)14-5-7-16(8-6-14)19-13(2)3/h5-9,11-13,17-18H,4,10H2,1-3H3. The summed E-state index contributed by atoms with van der Waals surface area (Å²) in [6.45, 7) is 7.30. The predicted octanol–water partition coefficient (Wildman–Crippen LogP) is 4.62. The van der Waals surface area contributed by atoms with Gasteiger partial charge < -0.3 is 10.1 Å². The fourth-order valence-electron chi connectivity index (χ4n) is 2.17. The highest BCUT2D eigenvalue weighted by atomic mass is 32.1. The summed E-state index contributed by atoms with van der Waals surface area (Å²) in [5.41, 5.74) is 2.62. The van der Waals surface area contributed by atoms with Gasteiger partial charge in [0.2, 0.25) is 0 Å². The van der Waals surface area contributed by atoms with Gasteiger partial charge in [-0.2, -0.15) is 11.3 Å². The van der Waals surface area contributed by atoms with E-state index in [1.165, 1.54) is 11.1 Å². The molecule has 0 amide bonds. The van der Waals surface area contributed by atoms with Gasteiger partial charge in [0.15, 0.2) is 0 Å². The van der Waals surface area contributed by atoms with Gasteiger partial charge in [-0.1, -0.05) is 19.1 Å². The molecule has 0 spiro atoms. The van der Waals surface area contributed by atoms with E-state index in [0.29, 0.717) is 0 Å². The first-order chi connectivity index (χ1) is 9.70. The summed E-state index contributed by atoms with van der Waals surface area (Å²) in [6.07, 6.45) is 1.35. The van der Waals surface area contributed by atoms with Crippen LogP contribution in [0.2, 0.25) is 0 Å². The van der Waals surface area contributed by atoms with Crippen molar-refractivity contribution in [2.24, 2.45) is 0 Å². The molecule has 2 aromatic rings. The van der Waals surface area contributed by atoms with Crippen molar-refractivity contribution < 1.29 is 4.74 Å². The molecule has 0 aliphatic carbocycles. The van der Waals surface area contributed by atoms with E-state index in [0.717, 1.165) is 18.7 Å². The Morgan fingerprint density at radius 3 is 2.40 bits per heavy atom. The van der Waals surface area contributed by atoms with Gasteiger partial charge in [-0.3, -0.25) is 0 Å². The Balaban J connectivity index is 2.16. The molecular weight excluding hydrogens is 266 g/mol. The molecule has 1 aromatic heterocycles. The normalized spacial score (nSPS) is 12.6. The second-order valence-electron chi connectivity index (χ2n) is 5.18. The number of benzene rings is 1. The van der Waals surface area contributed by atoms with Gasteiger partial charge in [0.05, 0.1) is 12.1 Å². The van der Waals surface area contributed by atoms with Crippen LogP contribution in [0.25, 0.3) is 0 Å². The van der Waals surface area contributed by atoms with Crippen molar-refractivity contribution in [3.8, 4) is 5.75 Å². The van der Waals surface area contributed by atoms with E-state index in [9.17, 15) is 0 Å². The Hall–Kier alpha value is -1.32. The molecule has 1 unspecified atom stereocenters. The highest BCUT2D eigenvalue weighted by Crippen LogP contribution is 2.26. The molecule has 1 aromatic carbocycles. The van der Waals surface area contributed by atoms with Crippen molar-refractivity contribution in [3.05, 3.63) is 52.2 Å². The van der Waals surface area contributed by atoms with Crippen molar-refractivity contribution in [1.29, 1.82) is 0 Å². The van der Waals surface area contributed by atoms with Crippen LogP contribution in [0.4, 0.5) is 0 Å². The number of ether oxygens (including phenoxy) is 1. The molecule has 1 atom stereocenters. The lowest BCUT2D eigenvalue weighted by atomic mass is 10.0. The third-order valence-electron chi connectivity index (χ3n) is 3.06. The van der Waals surface area contributed by atoms with Crippen LogP contribution in [0, 0.1) is 0 Å². The van der Waals surface area contributed by atoms with Crippen molar-refractivity contribution in [3.63, 3.8) is 0 Å². The number of hydrogen-bond donors (Lipinski definition) is 1. The Morgan fingerprint density at radius 1 is 1.10 bits per heavy atom. The van der Waals surface area contributed by atoms with Crippen LogP contribution in [0.1, 0.15) is 44.4 Å². The summed E-state index contributed by atoms with van der Waals surface area (Å²) in [7, 11) is 0. The van der Waals surface area contributed by atoms with Crippen molar-refractivity contribution in [1.82, 2.24) is 5.32 Å². The molecule has 2 nitrogen and oxygen atoms in total. The van der Waals surface area contributed by atoms with Crippen LogP contribution >= 0.6 is 11.3 Å². The lowest BCUT2D eigenvalue weighted by molar-refractivity contribution is 0.242. The van der Waals surface area contributed by atoms with Gasteiger partial charge in [0.1, 0.15) is 5.75 Å². The summed E-state index contributed by atoms with van der Waals surface area (Å²) in [5, 5.41) is 7.96. The van der Waals surface area contributed by atoms with Crippen LogP contribution in [0.3, 0.4) is 0 Å². The zero-order valence-corrected chi connectivity index (χ0v) is 13.2. The lowest BCUT2D eigenvalue weighted by Crippen LogP contribution is -2.22. The first kappa shape index (κ1) is 15.1. The molecule has 1 N–H and O–H groups in total. The lowest BCUT2D eigenvalue weighted by Gasteiger charge is -2.19. The molecule has 0 saturated heterocycles. The smallest absolute Gasteiger partial charge is 0.119 e. The fourth-order valence-corrected chi connectivity index (χ4v) is 2.85. The van der Waals surface area contributed by atoms with Gasteiger partial charge in [0.25, 0.3) is 0 Å². The van der Waals surface area contributed by atoms with Gasteiger partial charge in [-0.15, -0.1) is 0 Å². The van der Waals surface area contributed by atoms with E-state index in [1.807, 2.05) is 13.8 Å². The molecule has 1 heterocycles. The van der Waals surface area contributed by atoms with Crippen LogP contribution in [0.15, 0.2) is 41.1 Å². The predicted molar refractivity (Wildman–Crippen MR) is 86.7 cm³/mol. The van der Waals surface area contributed by atoms with Crippen molar-refractivity contribution in [2.45, 2.75) is 39.3 Å². The number of nitrogens with one attached hydrogen (secondary N) is 1. The van der Waals surface area contributed by atoms with Crippen molar-refractivity contribution >= 4 is 11.3 Å². The van der Waals surface area contributed by atoms with Gasteiger partial charge in [0, 0.05) is 0 Å². The van der Waals surface area contributed by atoms with Crippen LogP contribution in [0.5, 0.6) is 5.75 Å². The molecule has 0 aliphatic heterocycles. The van der Waals surface area contributed by atoms with E-state index in [4.69, 9.17) is 4.74 Å². The summed E-state index contributed by atoms with van der Waals surface area (Å²) in [6, 6.07) is 10.9. The molecular formula is C17H23NOS. The minimum absolute atomic E-state index is 0.215. The molecule has 20 heavy (non-hydrogen) atoms. The molecule has 0 aliphatic rings. The first-order valence-electron chi connectivity index (χ1n) is 7.22. The van der Waals surface area contributed by atoms with Crippen LogP contribution in [-0.4, -0.2) is 12.6 Å². The highest BCUT2D eigenvalue weighted by molar-refractivity contribution is 7.08. The topological polar surface area (TPSA) is 21.3 Å². The number of hydrogen-bond acceptors (Lipinski definition) is 3. The van der Waals surface area contributed by atoms with E-state index in [-0.39, 0.29) is 12.1 Å². The van der Waals surface area contributed by atoms with E-state index < -0.39 is 0 Å². The molecule has 0 saturated carbocycles. The highest BCUT2D eigenvalue weighted by Gasteiger charge is 2.13. The molecule has 0 bridgehead atoms. The maximum absolute atomic E-state index is 5.70. The third-order valence-corrected chi connectivity index (χ3v) is 3.76. The van der Waals surface area contributed by atoms with E-state index >= 15 is 0 Å². The molecule has 0 fully saturated rings. The molecule has 108 valence electrons. The molecule has 0 radical (unpaired) electrons. The zero-order chi connectivity index (χ0) is 14.4. The summed E-state index contributed by atoms with van der Waals surface area (Å²) < 4.78 is 5.70. The minimum Gasteiger partial charge on any atom is -0.491 e. The Kier molecular flexibility index (Phi) is 5.62. The summed E-state index contributed by atoms with van der Waals surface area (Å²) >= 11 is 1.74. The quantitative estimate of drug-likeness (QED) is 0.802. The maximum Gasteiger partial charge on any atom is 0.119 e. The number of thiophene rings is 1. The fraction of sp³-hybridized carbons (Fsp3) is 0.412. The largest absolute Gasteiger partial charge is 0.491 e. The van der Waals surface area contributed by atoms with Gasteiger partial charge >= 0.3 is 0 Å². The van der Waals surface area contributed by atoms with Crippen molar-refractivity contribution in [2.75, 3.05) is 6.54 Å². The van der Waals surface area contributed by atoms with Crippen LogP contribution in [-0.2, 0) is 0 Å². The first-order valence-corrected chi connectivity index (χ1v) is 8.17. The SMILES string of the molecule is CCCNC(c1ccc(OC(C)C)cc1)c1ccsc1. The zero-order valence-electron chi connectivity index (χ0n) is 12.4. The minimum atomic E-state index is 0.215. The van der Waals surface area contributed by atoms with Crippen LogP contribution < -0.4 is 10.1 Å². The molecule has 3 heteroatoms. The number of rotatable bonds is 7.